The second-order valence-electron chi connectivity index (χ2n) is 4.55. The molecule has 2 heterocycles. The van der Waals surface area contributed by atoms with Gasteiger partial charge in [-0.3, -0.25) is 0 Å². The van der Waals surface area contributed by atoms with E-state index in [0.717, 1.165) is 17.5 Å². The number of hydrogen-bond donors (Lipinski definition) is 1. The Kier molecular flexibility index (Phi) is 1.69. The Hall–Kier alpha value is 0.250. The van der Waals surface area contributed by atoms with E-state index in [1.54, 1.807) is 12.8 Å². The molecule has 1 spiro atoms. The van der Waals surface area contributed by atoms with Crippen LogP contribution in [-0.2, 0) is 0 Å². The van der Waals surface area contributed by atoms with E-state index in [1.165, 1.54) is 25.7 Å². The van der Waals surface area contributed by atoms with Crippen molar-refractivity contribution in [2.24, 2.45) is 5.41 Å². The Labute approximate surface area is 74.3 Å². The lowest BCUT2D eigenvalue weighted by Gasteiger charge is -2.28. The molecular formula is C9H16ClN. The predicted molar refractivity (Wildman–Crippen MR) is 48.1 cm³/mol. The van der Waals surface area contributed by atoms with Crippen molar-refractivity contribution in [3.05, 3.63) is 0 Å². The molecule has 2 heteroatoms. The highest BCUT2D eigenvalue weighted by atomic mass is 35.5. The summed E-state index contributed by atoms with van der Waals surface area (Å²) >= 11 is 0. The van der Waals surface area contributed by atoms with Crippen molar-refractivity contribution in [2.45, 2.75) is 50.6 Å². The molecule has 1 aliphatic carbocycles. The smallest absolute Gasteiger partial charge is 0.00755 e. The van der Waals surface area contributed by atoms with Crippen molar-refractivity contribution >= 4 is 12.4 Å². The van der Waals surface area contributed by atoms with Gasteiger partial charge in [-0.2, -0.15) is 0 Å². The quantitative estimate of drug-likeness (QED) is 0.592. The summed E-state index contributed by atoms with van der Waals surface area (Å²) < 4.78 is 0. The molecule has 0 aromatic rings. The summed E-state index contributed by atoms with van der Waals surface area (Å²) in [5.74, 6) is 0. The summed E-state index contributed by atoms with van der Waals surface area (Å²) in [6.45, 7) is 0. The molecule has 3 fully saturated rings. The lowest BCUT2D eigenvalue weighted by atomic mass is 9.89. The fourth-order valence-electron chi connectivity index (χ4n) is 2.94. The van der Waals surface area contributed by atoms with Gasteiger partial charge in [0.25, 0.3) is 0 Å². The van der Waals surface area contributed by atoms with E-state index in [1.807, 2.05) is 0 Å². The van der Waals surface area contributed by atoms with E-state index in [2.05, 4.69) is 5.32 Å². The number of hydrogen-bond acceptors (Lipinski definition) is 1. The van der Waals surface area contributed by atoms with Crippen LogP contribution in [0.3, 0.4) is 0 Å². The first-order valence-corrected chi connectivity index (χ1v) is 4.62. The summed E-state index contributed by atoms with van der Waals surface area (Å²) in [5, 5.41) is 3.69. The molecule has 0 unspecified atom stereocenters. The number of piperidine rings is 1. The van der Waals surface area contributed by atoms with Crippen LogP contribution in [0.25, 0.3) is 0 Å². The van der Waals surface area contributed by atoms with Crippen LogP contribution in [0.4, 0.5) is 0 Å². The molecule has 1 nitrogen and oxygen atoms in total. The van der Waals surface area contributed by atoms with Gasteiger partial charge < -0.3 is 5.32 Å². The number of rotatable bonds is 0. The van der Waals surface area contributed by atoms with E-state index < -0.39 is 0 Å². The Morgan fingerprint density at radius 1 is 1.00 bits per heavy atom. The van der Waals surface area contributed by atoms with Crippen molar-refractivity contribution in [2.75, 3.05) is 0 Å². The molecule has 2 atom stereocenters. The lowest BCUT2D eigenvalue weighted by Crippen LogP contribution is -2.38. The summed E-state index contributed by atoms with van der Waals surface area (Å²) in [6.07, 6.45) is 9.02. The van der Waals surface area contributed by atoms with E-state index in [-0.39, 0.29) is 12.4 Å². The van der Waals surface area contributed by atoms with Gasteiger partial charge >= 0.3 is 0 Å². The van der Waals surface area contributed by atoms with E-state index in [0.29, 0.717) is 0 Å². The predicted octanol–water partition coefficient (Wildman–Crippen LogP) is 2.10. The molecule has 3 rings (SSSR count). The topological polar surface area (TPSA) is 12.0 Å². The second-order valence-corrected chi connectivity index (χ2v) is 4.55. The first-order chi connectivity index (χ1) is 4.86. The molecule has 11 heavy (non-hydrogen) atoms. The van der Waals surface area contributed by atoms with Crippen LogP contribution in [0, 0.1) is 5.41 Å². The third-order valence-corrected chi connectivity index (χ3v) is 3.65. The van der Waals surface area contributed by atoms with Crippen molar-refractivity contribution < 1.29 is 0 Å². The zero-order valence-corrected chi connectivity index (χ0v) is 7.62. The van der Waals surface area contributed by atoms with Crippen molar-refractivity contribution in [3.63, 3.8) is 0 Å². The normalized spacial score (nSPS) is 43.6. The van der Waals surface area contributed by atoms with Gasteiger partial charge in [0, 0.05) is 12.1 Å². The molecule has 2 bridgehead atoms. The minimum Gasteiger partial charge on any atom is -0.311 e. The molecule has 64 valence electrons. The summed E-state index contributed by atoms with van der Waals surface area (Å²) in [5.41, 5.74) is 0.872. The van der Waals surface area contributed by atoms with Gasteiger partial charge in [-0.1, -0.05) is 0 Å². The van der Waals surface area contributed by atoms with E-state index in [9.17, 15) is 0 Å². The largest absolute Gasteiger partial charge is 0.311 e. The highest BCUT2D eigenvalue weighted by Gasteiger charge is 2.50. The van der Waals surface area contributed by atoms with Gasteiger partial charge in [0.2, 0.25) is 0 Å². The average Bonchev–Trinajstić information content (AvgIpc) is 2.56. The maximum atomic E-state index is 3.69. The van der Waals surface area contributed by atoms with Crippen LogP contribution >= 0.6 is 12.4 Å². The Morgan fingerprint density at radius 3 is 2.00 bits per heavy atom. The molecule has 0 amide bonds. The standard InChI is InChI=1S/C9H15N.ClH/c1-2-8-6-9(3-4-9)5-7(1)10-8;/h7-8,10H,1-6H2;1H/t7-,8+;. The van der Waals surface area contributed by atoms with Crippen LogP contribution in [0.5, 0.6) is 0 Å². The molecule has 1 saturated carbocycles. The molecule has 3 aliphatic rings. The fourth-order valence-corrected chi connectivity index (χ4v) is 2.94. The van der Waals surface area contributed by atoms with Crippen molar-refractivity contribution in [3.8, 4) is 0 Å². The molecule has 1 N–H and O–H groups in total. The minimum absolute atomic E-state index is 0. The van der Waals surface area contributed by atoms with Crippen LogP contribution in [0.15, 0.2) is 0 Å². The van der Waals surface area contributed by atoms with Gasteiger partial charge in [0.1, 0.15) is 0 Å². The SMILES string of the molecule is C1C[C@H]2CC3(CC3)C[C@@H]1N2.Cl. The highest BCUT2D eigenvalue weighted by Crippen LogP contribution is 2.57. The Bertz CT molecular complexity index is 151. The zero-order valence-electron chi connectivity index (χ0n) is 6.81. The number of nitrogens with one attached hydrogen (secondary N) is 1. The van der Waals surface area contributed by atoms with E-state index >= 15 is 0 Å². The lowest BCUT2D eigenvalue weighted by molar-refractivity contribution is 0.280. The molecular weight excluding hydrogens is 158 g/mol. The van der Waals surface area contributed by atoms with Gasteiger partial charge in [0.05, 0.1) is 0 Å². The Morgan fingerprint density at radius 2 is 1.55 bits per heavy atom. The summed E-state index contributed by atoms with van der Waals surface area (Å²) in [7, 11) is 0. The first-order valence-electron chi connectivity index (χ1n) is 4.62. The summed E-state index contributed by atoms with van der Waals surface area (Å²) in [6, 6.07) is 1.84. The van der Waals surface area contributed by atoms with E-state index in [4.69, 9.17) is 0 Å². The van der Waals surface area contributed by atoms with Gasteiger partial charge in [-0.15, -0.1) is 12.4 Å². The summed E-state index contributed by atoms with van der Waals surface area (Å²) in [4.78, 5) is 0. The highest BCUT2D eigenvalue weighted by molar-refractivity contribution is 5.85. The monoisotopic (exact) mass is 173 g/mol. The van der Waals surface area contributed by atoms with Crippen molar-refractivity contribution in [1.29, 1.82) is 0 Å². The van der Waals surface area contributed by atoms with Gasteiger partial charge in [0.15, 0.2) is 0 Å². The molecule has 0 aromatic heterocycles. The zero-order chi connectivity index (χ0) is 6.60. The Balaban J connectivity index is 0.000000480. The van der Waals surface area contributed by atoms with Gasteiger partial charge in [-0.25, -0.2) is 0 Å². The third-order valence-electron chi connectivity index (χ3n) is 3.65. The van der Waals surface area contributed by atoms with Crippen LogP contribution in [-0.4, -0.2) is 12.1 Å². The molecule has 2 aliphatic heterocycles. The molecule has 2 saturated heterocycles. The number of halogens is 1. The second kappa shape index (κ2) is 2.37. The van der Waals surface area contributed by atoms with Crippen LogP contribution in [0.1, 0.15) is 38.5 Å². The minimum atomic E-state index is 0. The maximum absolute atomic E-state index is 3.69. The molecule has 0 aromatic carbocycles. The molecule has 0 radical (unpaired) electrons. The third kappa shape index (κ3) is 1.19. The van der Waals surface area contributed by atoms with Crippen LogP contribution < -0.4 is 5.32 Å². The van der Waals surface area contributed by atoms with Crippen LogP contribution in [0.2, 0.25) is 0 Å². The fraction of sp³-hybridized carbons (Fsp3) is 1.00. The average molecular weight is 174 g/mol. The number of fused-ring (bicyclic) bond motifs is 2. The maximum Gasteiger partial charge on any atom is 0.00755 e. The van der Waals surface area contributed by atoms with Gasteiger partial charge in [-0.05, 0) is 43.9 Å². The first kappa shape index (κ1) is 7.88. The van der Waals surface area contributed by atoms with Crippen molar-refractivity contribution in [1.82, 2.24) is 5.32 Å².